The maximum Gasteiger partial charge on any atom is 0.223 e. The number of aromatic nitrogens is 2. The van der Waals surface area contributed by atoms with Gasteiger partial charge in [-0.2, -0.15) is 11.8 Å². The summed E-state index contributed by atoms with van der Waals surface area (Å²) in [6.07, 6.45) is 10.6. The summed E-state index contributed by atoms with van der Waals surface area (Å²) in [6, 6.07) is 5.03. The van der Waals surface area contributed by atoms with E-state index in [1.807, 2.05) is 12.3 Å². The molecule has 1 fully saturated rings. The Kier molecular flexibility index (Phi) is 8.40. The van der Waals surface area contributed by atoms with Gasteiger partial charge in [0.25, 0.3) is 0 Å². The highest BCUT2D eigenvalue weighted by molar-refractivity contribution is 7.98. The van der Waals surface area contributed by atoms with Crippen molar-refractivity contribution in [2.24, 2.45) is 5.92 Å². The molecule has 1 heterocycles. The maximum atomic E-state index is 14.0. The zero-order valence-electron chi connectivity index (χ0n) is 17.4. The smallest absolute Gasteiger partial charge is 0.223 e. The second kappa shape index (κ2) is 11.2. The SMILES string of the molecule is CCN(CC1CCCC1)c1cc(F)ccc1CNc1ncc(OCCSC)cn1. The number of benzene rings is 1. The molecule has 1 aliphatic carbocycles. The largest absolute Gasteiger partial charge is 0.489 e. The van der Waals surface area contributed by atoms with Crippen molar-refractivity contribution in [3.63, 3.8) is 0 Å². The Hall–Kier alpha value is -2.02. The quantitative estimate of drug-likeness (QED) is 0.519. The highest BCUT2D eigenvalue weighted by atomic mass is 32.2. The van der Waals surface area contributed by atoms with Crippen LogP contribution in [0.3, 0.4) is 0 Å². The van der Waals surface area contributed by atoms with Crippen LogP contribution in [0.2, 0.25) is 0 Å². The minimum absolute atomic E-state index is 0.198. The first-order valence-electron chi connectivity index (χ1n) is 10.4. The van der Waals surface area contributed by atoms with Gasteiger partial charge in [0.05, 0.1) is 19.0 Å². The number of hydrogen-bond donors (Lipinski definition) is 1. The molecule has 7 heteroatoms. The molecular weight excluding hydrogens is 387 g/mol. The van der Waals surface area contributed by atoms with E-state index >= 15 is 0 Å². The lowest BCUT2D eigenvalue weighted by Gasteiger charge is -2.28. The molecular formula is C22H31FN4OS. The number of ether oxygens (including phenoxy) is 1. The molecule has 0 saturated heterocycles. The number of nitrogens with zero attached hydrogens (tertiary/aromatic N) is 3. The van der Waals surface area contributed by atoms with E-state index in [0.29, 0.717) is 30.8 Å². The maximum absolute atomic E-state index is 14.0. The molecule has 1 aromatic carbocycles. The van der Waals surface area contributed by atoms with Gasteiger partial charge in [-0.05, 0) is 49.6 Å². The number of thioether (sulfide) groups is 1. The van der Waals surface area contributed by atoms with E-state index in [0.717, 1.165) is 30.1 Å². The van der Waals surface area contributed by atoms with E-state index in [9.17, 15) is 4.39 Å². The van der Waals surface area contributed by atoms with E-state index in [4.69, 9.17) is 4.74 Å². The molecule has 0 spiro atoms. The fourth-order valence-electron chi connectivity index (χ4n) is 3.78. The number of nitrogens with one attached hydrogen (secondary N) is 1. The summed E-state index contributed by atoms with van der Waals surface area (Å²) in [5.74, 6) is 2.65. The molecule has 29 heavy (non-hydrogen) atoms. The van der Waals surface area contributed by atoms with E-state index in [-0.39, 0.29) is 5.82 Å². The van der Waals surface area contributed by atoms with Gasteiger partial charge in [-0.15, -0.1) is 0 Å². The molecule has 1 aliphatic rings. The molecule has 0 radical (unpaired) electrons. The lowest BCUT2D eigenvalue weighted by atomic mass is 10.1. The van der Waals surface area contributed by atoms with Gasteiger partial charge in [-0.3, -0.25) is 0 Å². The van der Waals surface area contributed by atoms with Gasteiger partial charge < -0.3 is 15.0 Å². The van der Waals surface area contributed by atoms with E-state index < -0.39 is 0 Å². The van der Waals surface area contributed by atoms with Crippen LogP contribution in [0, 0.1) is 11.7 Å². The van der Waals surface area contributed by atoms with Gasteiger partial charge in [0.2, 0.25) is 5.95 Å². The summed E-state index contributed by atoms with van der Waals surface area (Å²) >= 11 is 1.74. The average molecular weight is 419 g/mol. The number of anilines is 2. The monoisotopic (exact) mass is 418 g/mol. The summed E-state index contributed by atoms with van der Waals surface area (Å²) in [4.78, 5) is 11.0. The zero-order valence-corrected chi connectivity index (χ0v) is 18.2. The third kappa shape index (κ3) is 6.49. The van der Waals surface area contributed by atoms with Gasteiger partial charge in [0, 0.05) is 31.1 Å². The first-order valence-corrected chi connectivity index (χ1v) is 11.8. The summed E-state index contributed by atoms with van der Waals surface area (Å²) in [5.41, 5.74) is 2.01. The second-order valence-corrected chi connectivity index (χ2v) is 8.38. The molecule has 0 aliphatic heterocycles. The molecule has 2 aromatic rings. The van der Waals surface area contributed by atoms with Crippen molar-refractivity contribution in [3.8, 4) is 5.75 Å². The fourth-order valence-corrected chi connectivity index (χ4v) is 4.03. The van der Waals surface area contributed by atoms with Crippen molar-refractivity contribution in [1.29, 1.82) is 0 Å². The zero-order chi connectivity index (χ0) is 20.5. The Morgan fingerprint density at radius 2 is 2.00 bits per heavy atom. The van der Waals surface area contributed by atoms with Crippen LogP contribution >= 0.6 is 11.8 Å². The molecule has 3 rings (SSSR count). The van der Waals surface area contributed by atoms with Crippen molar-refractivity contribution < 1.29 is 9.13 Å². The molecule has 0 bridgehead atoms. The number of halogens is 1. The van der Waals surface area contributed by atoms with Gasteiger partial charge in [-0.25, -0.2) is 14.4 Å². The Balaban J connectivity index is 1.64. The van der Waals surface area contributed by atoms with Crippen LogP contribution in [0.1, 0.15) is 38.2 Å². The molecule has 0 atom stereocenters. The van der Waals surface area contributed by atoms with Crippen LogP contribution in [-0.2, 0) is 6.54 Å². The molecule has 1 saturated carbocycles. The fraction of sp³-hybridized carbons (Fsp3) is 0.545. The van der Waals surface area contributed by atoms with E-state index in [2.05, 4.69) is 27.1 Å². The molecule has 1 N–H and O–H groups in total. The summed E-state index contributed by atoms with van der Waals surface area (Å²) in [7, 11) is 0. The third-order valence-corrected chi connectivity index (χ3v) is 5.92. The lowest BCUT2D eigenvalue weighted by Crippen LogP contribution is -2.29. The highest BCUT2D eigenvalue weighted by Crippen LogP contribution is 2.29. The van der Waals surface area contributed by atoms with Gasteiger partial charge in [0.15, 0.2) is 5.75 Å². The first kappa shape index (κ1) is 21.7. The standard InChI is InChI=1S/C22H31FN4OS/c1-3-27(16-17-6-4-5-7-17)21-12-19(23)9-8-18(21)13-24-22-25-14-20(15-26-22)28-10-11-29-2/h8-9,12,14-15,17H,3-7,10-11,13,16H2,1-2H3,(H,24,25,26). The van der Waals surface area contributed by atoms with Gasteiger partial charge >= 0.3 is 0 Å². The number of hydrogen-bond acceptors (Lipinski definition) is 6. The predicted octanol–water partition coefficient (Wildman–Crippen LogP) is 4.99. The molecule has 0 amide bonds. The van der Waals surface area contributed by atoms with Crippen molar-refractivity contribution in [2.45, 2.75) is 39.2 Å². The predicted molar refractivity (Wildman–Crippen MR) is 119 cm³/mol. The highest BCUT2D eigenvalue weighted by Gasteiger charge is 2.20. The lowest BCUT2D eigenvalue weighted by molar-refractivity contribution is 0.341. The molecule has 1 aromatic heterocycles. The summed E-state index contributed by atoms with van der Waals surface area (Å²) in [6.45, 7) is 5.18. The van der Waals surface area contributed by atoms with Crippen LogP contribution in [0.15, 0.2) is 30.6 Å². The normalized spacial score (nSPS) is 14.2. The topological polar surface area (TPSA) is 50.3 Å². The Morgan fingerprint density at radius 1 is 1.24 bits per heavy atom. The minimum Gasteiger partial charge on any atom is -0.489 e. The van der Waals surface area contributed by atoms with Gasteiger partial charge in [-0.1, -0.05) is 18.9 Å². The van der Waals surface area contributed by atoms with Crippen LogP contribution in [0.4, 0.5) is 16.0 Å². The minimum atomic E-state index is -0.198. The Bertz CT molecular complexity index is 753. The van der Waals surface area contributed by atoms with Crippen molar-refractivity contribution >= 4 is 23.4 Å². The van der Waals surface area contributed by atoms with Crippen molar-refractivity contribution in [2.75, 3.05) is 41.9 Å². The first-order chi connectivity index (χ1) is 14.2. The second-order valence-electron chi connectivity index (χ2n) is 7.40. The van der Waals surface area contributed by atoms with Crippen LogP contribution in [0.5, 0.6) is 5.75 Å². The Morgan fingerprint density at radius 3 is 2.69 bits per heavy atom. The molecule has 0 unspecified atom stereocenters. The molecule has 158 valence electrons. The molecule has 5 nitrogen and oxygen atoms in total. The van der Waals surface area contributed by atoms with Crippen LogP contribution in [-0.4, -0.2) is 41.7 Å². The average Bonchev–Trinajstić information content (AvgIpc) is 3.25. The van der Waals surface area contributed by atoms with Crippen molar-refractivity contribution in [1.82, 2.24) is 9.97 Å². The van der Waals surface area contributed by atoms with E-state index in [1.165, 1.54) is 31.7 Å². The summed E-state index contributed by atoms with van der Waals surface area (Å²) < 4.78 is 19.6. The van der Waals surface area contributed by atoms with Crippen LogP contribution in [0.25, 0.3) is 0 Å². The summed E-state index contributed by atoms with van der Waals surface area (Å²) in [5, 5.41) is 3.26. The number of rotatable bonds is 11. The van der Waals surface area contributed by atoms with Gasteiger partial charge in [0.1, 0.15) is 5.82 Å². The van der Waals surface area contributed by atoms with Crippen molar-refractivity contribution in [3.05, 3.63) is 42.0 Å². The third-order valence-electron chi connectivity index (χ3n) is 5.34. The Labute approximate surface area is 177 Å². The van der Waals surface area contributed by atoms with Crippen LogP contribution < -0.4 is 15.0 Å². The van der Waals surface area contributed by atoms with E-state index in [1.54, 1.807) is 30.2 Å².